The highest BCUT2D eigenvalue weighted by Gasteiger charge is 2.17. The molecule has 2 rings (SSSR count). The average Bonchev–Trinajstić information content (AvgIpc) is 2.74. The summed E-state index contributed by atoms with van der Waals surface area (Å²) < 4.78 is 0. The molecule has 0 radical (unpaired) electrons. The molecule has 90 valence electrons. The lowest BCUT2D eigenvalue weighted by Gasteiger charge is -2.15. The van der Waals surface area contributed by atoms with Gasteiger partial charge in [0.25, 0.3) is 0 Å². The zero-order valence-corrected chi connectivity index (χ0v) is 11.2. The summed E-state index contributed by atoms with van der Waals surface area (Å²) in [6, 6.07) is 4.07. The summed E-state index contributed by atoms with van der Waals surface area (Å²) in [5, 5.41) is 10.4. The Morgan fingerprint density at radius 3 is 2.71 bits per heavy atom. The minimum absolute atomic E-state index is 0.0841. The fourth-order valence-electron chi connectivity index (χ4n) is 1.92. The maximum absolute atomic E-state index is 6.35. The summed E-state index contributed by atoms with van der Waals surface area (Å²) in [6.07, 6.45) is 0.862. The normalized spacial score (nSPS) is 12.7. The van der Waals surface area contributed by atoms with Crippen LogP contribution in [0.1, 0.15) is 40.4 Å². The number of rotatable bonds is 3. The smallest absolute Gasteiger partial charge is 0.0679 e. The zero-order valence-electron chi connectivity index (χ0n) is 10.4. The van der Waals surface area contributed by atoms with Crippen LogP contribution in [0.4, 0.5) is 0 Å². The van der Waals surface area contributed by atoms with Crippen LogP contribution in [0.25, 0.3) is 0 Å². The molecule has 0 aliphatic rings. The van der Waals surface area contributed by atoms with Crippen LogP contribution in [0.15, 0.2) is 17.5 Å². The number of hydrogen-bond donors (Lipinski definition) is 1. The second-order valence-electron chi connectivity index (χ2n) is 4.19. The number of aromatic nitrogens is 2. The summed E-state index contributed by atoms with van der Waals surface area (Å²) in [7, 11) is 0. The molecule has 0 bridgehead atoms. The molecule has 4 heteroatoms. The van der Waals surface area contributed by atoms with Crippen LogP contribution in [0.5, 0.6) is 0 Å². The van der Waals surface area contributed by atoms with Gasteiger partial charge in [0.1, 0.15) is 0 Å². The van der Waals surface area contributed by atoms with E-state index < -0.39 is 0 Å². The number of aryl methyl sites for hydroxylation is 3. The molecule has 0 aliphatic carbocycles. The third kappa shape index (κ3) is 2.37. The fraction of sp³-hybridized carbons (Fsp3) is 0.385. The molecule has 17 heavy (non-hydrogen) atoms. The van der Waals surface area contributed by atoms with Crippen molar-refractivity contribution < 1.29 is 0 Å². The van der Waals surface area contributed by atoms with Gasteiger partial charge in [-0.15, -0.1) is 11.3 Å². The van der Waals surface area contributed by atoms with E-state index in [1.54, 1.807) is 11.3 Å². The highest BCUT2D eigenvalue weighted by atomic mass is 32.1. The predicted molar refractivity (Wildman–Crippen MR) is 71.2 cm³/mol. The third-order valence-corrected chi connectivity index (χ3v) is 3.98. The molecule has 2 N–H and O–H groups in total. The van der Waals surface area contributed by atoms with Gasteiger partial charge in [0.2, 0.25) is 0 Å². The van der Waals surface area contributed by atoms with Crippen molar-refractivity contribution in [1.82, 2.24) is 10.2 Å². The van der Waals surface area contributed by atoms with Crippen molar-refractivity contribution in [1.29, 1.82) is 0 Å². The first-order chi connectivity index (χ1) is 8.13. The monoisotopic (exact) mass is 247 g/mol. The Balaban J connectivity index is 2.46. The van der Waals surface area contributed by atoms with Crippen LogP contribution in [0.3, 0.4) is 0 Å². The molecule has 1 atom stereocenters. The molecule has 0 spiro atoms. The van der Waals surface area contributed by atoms with Crippen LogP contribution in [0.2, 0.25) is 0 Å². The molecule has 2 aromatic heterocycles. The molecule has 1 unspecified atom stereocenters. The van der Waals surface area contributed by atoms with E-state index in [2.05, 4.69) is 41.6 Å². The van der Waals surface area contributed by atoms with Gasteiger partial charge in [-0.05, 0) is 48.9 Å². The van der Waals surface area contributed by atoms with Crippen molar-refractivity contribution in [3.63, 3.8) is 0 Å². The molecular weight excluding hydrogens is 230 g/mol. The average molecular weight is 247 g/mol. The molecule has 0 aliphatic heterocycles. The van der Waals surface area contributed by atoms with E-state index in [9.17, 15) is 0 Å². The van der Waals surface area contributed by atoms with Crippen molar-refractivity contribution in [3.05, 3.63) is 44.9 Å². The van der Waals surface area contributed by atoms with E-state index in [0.29, 0.717) is 0 Å². The van der Waals surface area contributed by atoms with Gasteiger partial charge in [-0.2, -0.15) is 10.2 Å². The largest absolute Gasteiger partial charge is 0.320 e. The maximum atomic E-state index is 6.35. The summed E-state index contributed by atoms with van der Waals surface area (Å²) >= 11 is 1.70. The van der Waals surface area contributed by atoms with Gasteiger partial charge in [-0.3, -0.25) is 0 Å². The lowest BCUT2D eigenvalue weighted by Crippen LogP contribution is -2.15. The summed E-state index contributed by atoms with van der Waals surface area (Å²) in [5.74, 6) is 0. The Morgan fingerprint density at radius 1 is 1.35 bits per heavy atom. The van der Waals surface area contributed by atoms with Crippen LogP contribution in [-0.2, 0) is 6.42 Å². The Morgan fingerprint density at radius 2 is 2.12 bits per heavy atom. The Kier molecular flexibility index (Phi) is 3.54. The lowest BCUT2D eigenvalue weighted by atomic mass is 10.0. The second kappa shape index (κ2) is 4.94. The molecule has 0 amide bonds. The first kappa shape index (κ1) is 12.2. The standard InChI is InChI=1S/C13H17N3S/c1-4-11-10(7-9(3)15-16-11)12(14)13-8(2)5-6-17-13/h5-7,12H,4,14H2,1-3H3. The SMILES string of the molecule is CCc1nnc(C)cc1C(N)c1sccc1C. The van der Waals surface area contributed by atoms with Crippen molar-refractivity contribution in [2.45, 2.75) is 33.2 Å². The maximum Gasteiger partial charge on any atom is 0.0679 e. The molecule has 2 heterocycles. The second-order valence-corrected chi connectivity index (χ2v) is 5.13. The topological polar surface area (TPSA) is 51.8 Å². The number of nitrogens with two attached hydrogens (primary N) is 1. The van der Waals surface area contributed by atoms with Crippen molar-refractivity contribution in [3.8, 4) is 0 Å². The van der Waals surface area contributed by atoms with Crippen molar-refractivity contribution in [2.24, 2.45) is 5.73 Å². The predicted octanol–water partition coefficient (Wildman–Crippen LogP) is 2.77. The van der Waals surface area contributed by atoms with E-state index >= 15 is 0 Å². The number of hydrogen-bond acceptors (Lipinski definition) is 4. The van der Waals surface area contributed by atoms with E-state index in [4.69, 9.17) is 5.73 Å². The summed E-state index contributed by atoms with van der Waals surface area (Å²) in [5.41, 5.74) is 10.6. The molecule has 0 aromatic carbocycles. The van der Waals surface area contributed by atoms with Gasteiger partial charge in [0, 0.05) is 4.88 Å². The van der Waals surface area contributed by atoms with Gasteiger partial charge in [-0.25, -0.2) is 0 Å². The van der Waals surface area contributed by atoms with E-state index in [1.165, 1.54) is 10.4 Å². The highest BCUT2D eigenvalue weighted by Crippen LogP contribution is 2.29. The van der Waals surface area contributed by atoms with Crippen molar-refractivity contribution >= 4 is 11.3 Å². The third-order valence-electron chi connectivity index (χ3n) is 2.88. The Hall–Kier alpha value is -1.26. The quantitative estimate of drug-likeness (QED) is 0.907. The van der Waals surface area contributed by atoms with Crippen LogP contribution in [-0.4, -0.2) is 10.2 Å². The zero-order chi connectivity index (χ0) is 12.4. The van der Waals surface area contributed by atoms with Crippen LogP contribution in [0, 0.1) is 13.8 Å². The first-order valence-electron chi connectivity index (χ1n) is 5.76. The van der Waals surface area contributed by atoms with E-state index in [0.717, 1.165) is 23.4 Å². The summed E-state index contributed by atoms with van der Waals surface area (Å²) in [4.78, 5) is 1.21. The van der Waals surface area contributed by atoms with E-state index in [1.807, 2.05) is 6.92 Å². The van der Waals surface area contributed by atoms with Crippen LogP contribution < -0.4 is 5.73 Å². The number of nitrogens with zero attached hydrogens (tertiary/aromatic N) is 2. The minimum atomic E-state index is -0.0841. The minimum Gasteiger partial charge on any atom is -0.320 e. The Labute approximate surface area is 106 Å². The Bertz CT molecular complexity index is 519. The molecule has 3 nitrogen and oxygen atoms in total. The first-order valence-corrected chi connectivity index (χ1v) is 6.64. The molecule has 0 fully saturated rings. The molecule has 0 saturated carbocycles. The van der Waals surface area contributed by atoms with Crippen molar-refractivity contribution in [2.75, 3.05) is 0 Å². The van der Waals surface area contributed by atoms with Gasteiger partial charge < -0.3 is 5.73 Å². The van der Waals surface area contributed by atoms with Gasteiger partial charge in [0.05, 0.1) is 17.4 Å². The van der Waals surface area contributed by atoms with Gasteiger partial charge >= 0.3 is 0 Å². The molecule has 0 saturated heterocycles. The molecule has 2 aromatic rings. The number of thiophene rings is 1. The summed E-state index contributed by atoms with van der Waals surface area (Å²) in [6.45, 7) is 6.12. The van der Waals surface area contributed by atoms with Gasteiger partial charge in [0.15, 0.2) is 0 Å². The fourth-order valence-corrected chi connectivity index (χ4v) is 2.87. The van der Waals surface area contributed by atoms with Gasteiger partial charge in [-0.1, -0.05) is 6.92 Å². The van der Waals surface area contributed by atoms with E-state index in [-0.39, 0.29) is 6.04 Å². The molecular formula is C13H17N3S. The van der Waals surface area contributed by atoms with Crippen LogP contribution >= 0.6 is 11.3 Å². The lowest BCUT2D eigenvalue weighted by molar-refractivity contribution is 0.796. The highest BCUT2D eigenvalue weighted by molar-refractivity contribution is 7.10.